The Hall–Kier alpha value is -2.58. The highest BCUT2D eigenvalue weighted by atomic mass is 32.1. The number of thiophene rings is 1. The van der Waals surface area contributed by atoms with Crippen molar-refractivity contribution in [2.45, 2.75) is 37.8 Å². The van der Waals surface area contributed by atoms with Crippen LogP contribution < -0.4 is 26.0 Å². The van der Waals surface area contributed by atoms with Crippen molar-refractivity contribution >= 4 is 21.6 Å². The van der Waals surface area contributed by atoms with Crippen LogP contribution in [-0.2, 0) is 13.0 Å². The zero-order valence-electron chi connectivity index (χ0n) is 17.1. The van der Waals surface area contributed by atoms with E-state index in [2.05, 4.69) is 22.4 Å². The van der Waals surface area contributed by atoms with Crippen LogP contribution in [0.1, 0.15) is 29.9 Å². The lowest BCUT2D eigenvalue weighted by molar-refractivity contribution is 0.337. The van der Waals surface area contributed by atoms with Crippen molar-refractivity contribution in [1.29, 1.82) is 0 Å². The number of hydrogen-bond donors (Lipinski definition) is 2. The number of methoxy groups -OCH3 is 2. The fourth-order valence-electron chi connectivity index (χ4n) is 5.21. The predicted octanol–water partition coefficient (Wildman–Crippen LogP) is 2.48. The minimum absolute atomic E-state index is 0.240. The molecule has 0 bridgehead atoms. The second-order valence-electron chi connectivity index (χ2n) is 8.04. The van der Waals surface area contributed by atoms with E-state index in [9.17, 15) is 9.59 Å². The molecule has 1 fully saturated rings. The molecule has 1 saturated heterocycles. The summed E-state index contributed by atoms with van der Waals surface area (Å²) in [4.78, 5) is 28.2. The summed E-state index contributed by atoms with van der Waals surface area (Å²) < 4.78 is 12.6. The third kappa shape index (κ3) is 3.06. The number of fused-ring (bicyclic) bond motifs is 4. The molecule has 1 aromatic carbocycles. The van der Waals surface area contributed by atoms with Crippen LogP contribution in [0.15, 0.2) is 33.9 Å². The fraction of sp³-hybridized carbons (Fsp3) is 0.455. The molecule has 1 unspecified atom stereocenters. The van der Waals surface area contributed by atoms with Gasteiger partial charge in [0.05, 0.1) is 19.7 Å². The highest BCUT2D eigenvalue weighted by molar-refractivity contribution is 7.20. The molecule has 0 saturated carbocycles. The Bertz CT molecular complexity index is 1210. The Morgan fingerprint density at radius 2 is 2.10 bits per heavy atom. The predicted molar refractivity (Wildman–Crippen MR) is 117 cm³/mol. The van der Waals surface area contributed by atoms with Gasteiger partial charge in [-0.2, -0.15) is 0 Å². The highest BCUT2D eigenvalue weighted by Crippen LogP contribution is 2.44. The van der Waals surface area contributed by atoms with Crippen LogP contribution in [0.3, 0.4) is 0 Å². The minimum atomic E-state index is -0.360. The molecule has 3 heterocycles. The van der Waals surface area contributed by atoms with Gasteiger partial charge in [0.1, 0.15) is 10.4 Å². The zero-order valence-corrected chi connectivity index (χ0v) is 17.9. The van der Waals surface area contributed by atoms with Gasteiger partial charge in [0.2, 0.25) is 0 Å². The largest absolute Gasteiger partial charge is 0.496 e. The second kappa shape index (κ2) is 7.59. The number of rotatable bonds is 5. The molecule has 1 aliphatic carbocycles. The smallest absolute Gasteiger partial charge is 0.328 e. The first kappa shape index (κ1) is 19.4. The van der Waals surface area contributed by atoms with Gasteiger partial charge in [-0.3, -0.25) is 9.36 Å². The number of aromatic nitrogens is 2. The average Bonchev–Trinajstić information content (AvgIpc) is 3.37. The third-order valence-electron chi connectivity index (χ3n) is 6.65. The lowest BCUT2D eigenvalue weighted by Gasteiger charge is -2.31. The standard InChI is InChI=1S/C22H25N3O4S/c1-28-18-5-3-4-12-14(18)7-6-13-15(12)11-23-16(13)8-9-25-21(26)20-17(24-22(25)27)10-19(29-2)30-20/h3-5,10,13,15-16,23H,6-9,11H2,1-2H3,(H,24,27)/t13-,15+,16?/m1/s1. The molecule has 7 nitrogen and oxygen atoms in total. The van der Waals surface area contributed by atoms with Gasteiger partial charge in [-0.15, -0.1) is 0 Å². The molecule has 0 amide bonds. The first-order valence-corrected chi connectivity index (χ1v) is 11.1. The molecule has 2 aliphatic rings. The number of nitrogens with one attached hydrogen (secondary N) is 2. The van der Waals surface area contributed by atoms with Crippen LogP contribution in [0, 0.1) is 5.92 Å². The molecule has 3 atom stereocenters. The van der Waals surface area contributed by atoms with Gasteiger partial charge >= 0.3 is 5.69 Å². The molecule has 5 rings (SSSR count). The van der Waals surface area contributed by atoms with Crippen LogP contribution >= 0.6 is 11.3 Å². The van der Waals surface area contributed by atoms with Gasteiger partial charge in [-0.05, 0) is 42.4 Å². The van der Waals surface area contributed by atoms with Gasteiger partial charge in [0, 0.05) is 31.1 Å². The fourth-order valence-corrected chi connectivity index (χ4v) is 6.09. The summed E-state index contributed by atoms with van der Waals surface area (Å²) in [5, 5.41) is 4.27. The van der Waals surface area contributed by atoms with E-state index in [1.165, 1.54) is 27.0 Å². The number of nitrogens with zero attached hydrogens (tertiary/aromatic N) is 1. The van der Waals surface area contributed by atoms with Gasteiger partial charge in [-0.1, -0.05) is 23.5 Å². The van der Waals surface area contributed by atoms with Crippen molar-refractivity contribution in [1.82, 2.24) is 14.9 Å². The Labute approximate surface area is 177 Å². The van der Waals surface area contributed by atoms with Crippen LogP contribution in [-0.4, -0.2) is 36.4 Å². The highest BCUT2D eigenvalue weighted by Gasteiger charge is 2.40. The van der Waals surface area contributed by atoms with E-state index in [4.69, 9.17) is 9.47 Å². The van der Waals surface area contributed by atoms with Crippen molar-refractivity contribution < 1.29 is 9.47 Å². The van der Waals surface area contributed by atoms with E-state index in [1.807, 2.05) is 6.07 Å². The monoisotopic (exact) mass is 427 g/mol. The van der Waals surface area contributed by atoms with E-state index in [0.29, 0.717) is 33.7 Å². The summed E-state index contributed by atoms with van der Waals surface area (Å²) in [6.45, 7) is 1.32. The molecule has 0 spiro atoms. The minimum Gasteiger partial charge on any atom is -0.496 e. The van der Waals surface area contributed by atoms with E-state index in [-0.39, 0.29) is 17.3 Å². The third-order valence-corrected chi connectivity index (χ3v) is 7.73. The lowest BCUT2D eigenvalue weighted by Crippen LogP contribution is -2.38. The summed E-state index contributed by atoms with van der Waals surface area (Å²) in [5.41, 5.74) is 2.65. The molecule has 2 aromatic heterocycles. The Kier molecular flexibility index (Phi) is 4.91. The Balaban J connectivity index is 1.37. The van der Waals surface area contributed by atoms with Gasteiger partial charge in [-0.25, -0.2) is 4.79 Å². The molecule has 3 aromatic rings. The summed E-state index contributed by atoms with van der Waals surface area (Å²) >= 11 is 1.27. The summed E-state index contributed by atoms with van der Waals surface area (Å²) in [7, 11) is 3.29. The number of H-pyrrole nitrogens is 1. The maximum absolute atomic E-state index is 12.9. The molecule has 0 radical (unpaired) electrons. The summed E-state index contributed by atoms with van der Waals surface area (Å²) in [5.74, 6) is 1.94. The number of ether oxygens (including phenoxy) is 2. The topological polar surface area (TPSA) is 85.3 Å². The quantitative estimate of drug-likeness (QED) is 0.653. The van der Waals surface area contributed by atoms with Gasteiger partial charge in [0.25, 0.3) is 5.56 Å². The van der Waals surface area contributed by atoms with Gasteiger partial charge in [0.15, 0.2) is 5.06 Å². The first-order valence-electron chi connectivity index (χ1n) is 10.3. The van der Waals surface area contributed by atoms with Crippen molar-refractivity contribution in [3.63, 3.8) is 0 Å². The zero-order chi connectivity index (χ0) is 20.8. The number of hydrogen-bond acceptors (Lipinski definition) is 6. The number of benzene rings is 1. The van der Waals surface area contributed by atoms with Crippen molar-refractivity contribution in [3.05, 3.63) is 56.2 Å². The van der Waals surface area contributed by atoms with E-state index < -0.39 is 0 Å². The lowest BCUT2D eigenvalue weighted by atomic mass is 9.74. The maximum Gasteiger partial charge on any atom is 0.328 e. The normalized spacial score (nSPS) is 22.7. The van der Waals surface area contributed by atoms with E-state index >= 15 is 0 Å². The Morgan fingerprint density at radius 1 is 1.23 bits per heavy atom. The molecule has 8 heteroatoms. The van der Waals surface area contributed by atoms with Crippen LogP contribution in [0.25, 0.3) is 10.2 Å². The van der Waals surface area contributed by atoms with E-state index in [1.54, 1.807) is 20.3 Å². The molecule has 158 valence electrons. The van der Waals surface area contributed by atoms with Crippen LogP contribution in [0.4, 0.5) is 0 Å². The summed E-state index contributed by atoms with van der Waals surface area (Å²) in [6, 6.07) is 8.30. The van der Waals surface area contributed by atoms with Crippen molar-refractivity contribution in [3.8, 4) is 10.8 Å². The van der Waals surface area contributed by atoms with Crippen LogP contribution in [0.2, 0.25) is 0 Å². The molecule has 2 N–H and O–H groups in total. The molecular formula is C22H25N3O4S. The first-order chi connectivity index (χ1) is 14.6. The molecule has 1 aliphatic heterocycles. The summed E-state index contributed by atoms with van der Waals surface area (Å²) in [6.07, 6.45) is 2.83. The second-order valence-corrected chi connectivity index (χ2v) is 9.05. The average molecular weight is 428 g/mol. The van der Waals surface area contributed by atoms with Crippen LogP contribution in [0.5, 0.6) is 10.8 Å². The van der Waals surface area contributed by atoms with Crippen molar-refractivity contribution in [2.24, 2.45) is 5.92 Å². The molecule has 30 heavy (non-hydrogen) atoms. The van der Waals surface area contributed by atoms with Gasteiger partial charge < -0.3 is 19.8 Å². The van der Waals surface area contributed by atoms with Crippen molar-refractivity contribution in [2.75, 3.05) is 20.8 Å². The maximum atomic E-state index is 12.9. The molecular weight excluding hydrogens is 402 g/mol. The Morgan fingerprint density at radius 3 is 2.90 bits per heavy atom. The SMILES string of the molecule is COc1cc2[nH]c(=O)n(CCC3NC[C@H]4c5cccc(OC)c5CC[C@@H]34)c(=O)c2s1. The van der Waals surface area contributed by atoms with E-state index in [0.717, 1.165) is 31.6 Å². The number of aromatic amines is 1.